The van der Waals surface area contributed by atoms with Crippen LogP contribution < -0.4 is 5.32 Å². The smallest absolute Gasteiger partial charge is 0.213 e. The fraction of sp³-hybridized carbons (Fsp3) is 0.833. The molecule has 2 heterocycles. The number of anilines is 1. The largest absolute Gasteiger partial charge is 0.360 e. The lowest BCUT2D eigenvalue weighted by molar-refractivity contribution is 0.212. The van der Waals surface area contributed by atoms with Gasteiger partial charge in [0.2, 0.25) is 15.2 Å². The van der Waals surface area contributed by atoms with E-state index in [1.807, 2.05) is 0 Å². The molecule has 0 unspecified atom stereocenters. The summed E-state index contributed by atoms with van der Waals surface area (Å²) in [5.74, 6) is 1.99. The van der Waals surface area contributed by atoms with E-state index in [0.717, 1.165) is 23.9 Å². The van der Waals surface area contributed by atoms with E-state index in [4.69, 9.17) is 0 Å². The molecule has 20 heavy (non-hydrogen) atoms. The lowest BCUT2D eigenvalue weighted by Gasteiger charge is -2.37. The molecule has 1 aliphatic heterocycles. The van der Waals surface area contributed by atoms with Crippen LogP contribution in [0.4, 0.5) is 5.13 Å². The number of hydrogen-bond acceptors (Lipinski definition) is 6. The molecule has 0 aliphatic carbocycles. The van der Waals surface area contributed by atoms with Crippen LogP contribution in [-0.2, 0) is 16.4 Å². The third kappa shape index (κ3) is 3.89. The second-order valence-electron chi connectivity index (χ2n) is 5.58. The Bertz CT molecular complexity index is 535. The number of nitrogens with zero attached hydrogens (tertiary/aromatic N) is 3. The SMILES string of the molecule is CCS(=O)(=O)N1CC(CNc2nc(CC(C)C)ns2)C1. The van der Waals surface area contributed by atoms with Crippen LogP contribution in [0.15, 0.2) is 0 Å². The van der Waals surface area contributed by atoms with Gasteiger partial charge < -0.3 is 5.32 Å². The molecular weight excluding hydrogens is 296 g/mol. The molecule has 1 saturated heterocycles. The van der Waals surface area contributed by atoms with Crippen molar-refractivity contribution in [3.63, 3.8) is 0 Å². The number of nitrogens with one attached hydrogen (secondary N) is 1. The Morgan fingerprint density at radius 3 is 2.75 bits per heavy atom. The van der Waals surface area contributed by atoms with E-state index >= 15 is 0 Å². The van der Waals surface area contributed by atoms with Crippen molar-refractivity contribution >= 4 is 26.7 Å². The molecule has 2 rings (SSSR count). The summed E-state index contributed by atoms with van der Waals surface area (Å²) in [6.45, 7) is 7.95. The van der Waals surface area contributed by atoms with Crippen molar-refractivity contribution in [1.82, 2.24) is 13.7 Å². The second kappa shape index (κ2) is 6.36. The third-order valence-corrected chi connectivity index (χ3v) is 5.81. The van der Waals surface area contributed by atoms with E-state index in [0.29, 0.717) is 24.9 Å². The van der Waals surface area contributed by atoms with Gasteiger partial charge in [-0.3, -0.25) is 0 Å². The van der Waals surface area contributed by atoms with Crippen molar-refractivity contribution in [1.29, 1.82) is 0 Å². The van der Waals surface area contributed by atoms with E-state index in [9.17, 15) is 8.42 Å². The molecule has 1 aliphatic rings. The molecule has 0 saturated carbocycles. The molecule has 0 atom stereocenters. The highest BCUT2D eigenvalue weighted by Crippen LogP contribution is 2.21. The molecule has 1 aromatic rings. The number of aromatic nitrogens is 2. The Labute approximate surface area is 124 Å². The van der Waals surface area contributed by atoms with Crippen LogP contribution in [0, 0.1) is 11.8 Å². The van der Waals surface area contributed by atoms with Gasteiger partial charge in [0.25, 0.3) is 0 Å². The highest BCUT2D eigenvalue weighted by molar-refractivity contribution is 7.89. The van der Waals surface area contributed by atoms with Gasteiger partial charge in [0, 0.05) is 43.5 Å². The van der Waals surface area contributed by atoms with Gasteiger partial charge in [-0.05, 0) is 12.8 Å². The zero-order chi connectivity index (χ0) is 14.8. The first-order valence-corrected chi connectivity index (χ1v) is 9.33. The summed E-state index contributed by atoms with van der Waals surface area (Å²) in [4.78, 5) is 4.43. The summed E-state index contributed by atoms with van der Waals surface area (Å²) < 4.78 is 29.0. The molecule has 1 fully saturated rings. The van der Waals surface area contributed by atoms with Crippen molar-refractivity contribution in [2.24, 2.45) is 11.8 Å². The van der Waals surface area contributed by atoms with E-state index in [-0.39, 0.29) is 5.75 Å². The number of rotatable bonds is 7. The molecular formula is C12H22N4O2S2. The third-order valence-electron chi connectivity index (χ3n) is 3.28. The summed E-state index contributed by atoms with van der Waals surface area (Å²) in [7, 11) is -3.01. The first-order chi connectivity index (χ1) is 9.40. The highest BCUT2D eigenvalue weighted by atomic mass is 32.2. The Morgan fingerprint density at radius 1 is 1.45 bits per heavy atom. The minimum Gasteiger partial charge on any atom is -0.360 e. The van der Waals surface area contributed by atoms with Crippen molar-refractivity contribution in [2.45, 2.75) is 27.2 Å². The van der Waals surface area contributed by atoms with Gasteiger partial charge in [-0.15, -0.1) is 0 Å². The Morgan fingerprint density at radius 2 is 2.15 bits per heavy atom. The first kappa shape index (κ1) is 15.7. The lowest BCUT2D eigenvalue weighted by Crippen LogP contribution is -2.52. The standard InChI is InChI=1S/C12H22N4O2S2/c1-4-20(17,18)16-7-10(8-16)6-13-12-14-11(15-19-12)5-9(2)3/h9-10H,4-8H2,1-3H3,(H,13,14,15). The quantitative estimate of drug-likeness (QED) is 0.823. The van der Waals surface area contributed by atoms with Crippen molar-refractivity contribution in [3.05, 3.63) is 5.82 Å². The van der Waals surface area contributed by atoms with Crippen LogP contribution in [0.3, 0.4) is 0 Å². The predicted octanol–water partition coefficient (Wildman–Crippen LogP) is 1.43. The molecule has 0 radical (unpaired) electrons. The molecule has 0 aromatic carbocycles. The zero-order valence-electron chi connectivity index (χ0n) is 12.2. The van der Waals surface area contributed by atoms with E-state index in [2.05, 4.69) is 28.5 Å². The summed E-state index contributed by atoms with van der Waals surface area (Å²) >= 11 is 1.37. The fourth-order valence-corrected chi connectivity index (χ4v) is 3.91. The van der Waals surface area contributed by atoms with Gasteiger partial charge in [0.1, 0.15) is 5.82 Å². The monoisotopic (exact) mass is 318 g/mol. The predicted molar refractivity (Wildman–Crippen MR) is 81.5 cm³/mol. The van der Waals surface area contributed by atoms with Gasteiger partial charge in [0.15, 0.2) is 0 Å². The van der Waals surface area contributed by atoms with Gasteiger partial charge >= 0.3 is 0 Å². The van der Waals surface area contributed by atoms with Crippen molar-refractivity contribution in [2.75, 3.05) is 30.7 Å². The molecule has 8 heteroatoms. The topological polar surface area (TPSA) is 75.2 Å². The van der Waals surface area contributed by atoms with Crippen LogP contribution >= 0.6 is 11.5 Å². The second-order valence-corrected chi connectivity index (χ2v) is 8.59. The number of hydrogen-bond donors (Lipinski definition) is 1. The maximum Gasteiger partial charge on any atom is 0.213 e. The average molecular weight is 318 g/mol. The van der Waals surface area contributed by atoms with Crippen LogP contribution in [0.2, 0.25) is 0 Å². The van der Waals surface area contributed by atoms with E-state index in [1.165, 1.54) is 11.5 Å². The fourth-order valence-electron chi connectivity index (χ4n) is 2.07. The van der Waals surface area contributed by atoms with Crippen molar-refractivity contribution in [3.8, 4) is 0 Å². The van der Waals surface area contributed by atoms with Crippen LogP contribution in [0.5, 0.6) is 0 Å². The van der Waals surface area contributed by atoms with Crippen molar-refractivity contribution < 1.29 is 8.42 Å². The van der Waals surface area contributed by atoms with Crippen LogP contribution in [0.25, 0.3) is 0 Å². The highest BCUT2D eigenvalue weighted by Gasteiger charge is 2.34. The Kier molecular flexibility index (Phi) is 4.98. The summed E-state index contributed by atoms with van der Waals surface area (Å²) in [6.07, 6.45) is 0.893. The maximum atomic E-state index is 11.6. The Balaban J connectivity index is 1.74. The summed E-state index contributed by atoms with van der Waals surface area (Å²) in [5, 5.41) is 4.08. The normalized spacial score (nSPS) is 17.4. The Hall–Kier alpha value is -0.730. The molecule has 6 nitrogen and oxygen atoms in total. The molecule has 0 spiro atoms. The van der Waals surface area contributed by atoms with E-state index < -0.39 is 10.0 Å². The van der Waals surface area contributed by atoms with Gasteiger partial charge in [0.05, 0.1) is 5.75 Å². The molecule has 1 aromatic heterocycles. The van der Waals surface area contributed by atoms with Crippen LogP contribution in [0.1, 0.15) is 26.6 Å². The van der Waals surface area contributed by atoms with Gasteiger partial charge in [-0.25, -0.2) is 17.7 Å². The molecule has 0 amide bonds. The number of sulfonamides is 1. The van der Waals surface area contributed by atoms with Gasteiger partial charge in [-0.1, -0.05) is 13.8 Å². The first-order valence-electron chi connectivity index (χ1n) is 6.95. The zero-order valence-corrected chi connectivity index (χ0v) is 13.8. The lowest BCUT2D eigenvalue weighted by atomic mass is 10.0. The maximum absolute atomic E-state index is 11.6. The minimum atomic E-state index is -3.01. The molecule has 0 bridgehead atoms. The van der Waals surface area contributed by atoms with E-state index in [1.54, 1.807) is 11.2 Å². The molecule has 114 valence electrons. The summed E-state index contributed by atoms with van der Waals surface area (Å²) in [5.41, 5.74) is 0. The van der Waals surface area contributed by atoms with Gasteiger partial charge in [-0.2, -0.15) is 4.37 Å². The minimum absolute atomic E-state index is 0.183. The average Bonchev–Trinajstić information content (AvgIpc) is 2.73. The summed E-state index contributed by atoms with van der Waals surface area (Å²) in [6, 6.07) is 0. The molecule has 1 N–H and O–H groups in total. The van der Waals surface area contributed by atoms with Crippen LogP contribution in [-0.4, -0.2) is 47.5 Å².